The van der Waals surface area contributed by atoms with Gasteiger partial charge in [0, 0.05) is 19.5 Å². The van der Waals surface area contributed by atoms with E-state index in [-0.39, 0.29) is 17.6 Å². The standard InChI is InChI=1S/C8H15ClF3NO2S/c1-7(5-9)6-16(14,15)13(2)4-3-8(10,11)12/h7H,3-6H2,1-2H3. The molecule has 0 rings (SSSR count). The summed E-state index contributed by atoms with van der Waals surface area (Å²) in [5.74, 6) is -0.350. The van der Waals surface area contributed by atoms with Crippen LogP contribution in [0.25, 0.3) is 0 Å². The lowest BCUT2D eigenvalue weighted by Gasteiger charge is -2.19. The van der Waals surface area contributed by atoms with Crippen molar-refractivity contribution in [3.63, 3.8) is 0 Å². The van der Waals surface area contributed by atoms with E-state index in [2.05, 4.69) is 0 Å². The molecule has 0 bridgehead atoms. The topological polar surface area (TPSA) is 37.4 Å². The van der Waals surface area contributed by atoms with Gasteiger partial charge in [-0.3, -0.25) is 0 Å². The molecule has 16 heavy (non-hydrogen) atoms. The molecule has 0 aromatic rings. The van der Waals surface area contributed by atoms with E-state index < -0.39 is 29.2 Å². The molecule has 0 aromatic heterocycles. The summed E-state index contributed by atoms with van der Waals surface area (Å²) in [5, 5.41) is 0. The van der Waals surface area contributed by atoms with E-state index in [1.165, 1.54) is 0 Å². The van der Waals surface area contributed by atoms with Crippen molar-refractivity contribution in [2.24, 2.45) is 5.92 Å². The Balaban J connectivity index is 4.31. The van der Waals surface area contributed by atoms with Crippen LogP contribution in [0, 0.1) is 5.92 Å². The average Bonchev–Trinajstić information content (AvgIpc) is 2.11. The van der Waals surface area contributed by atoms with Gasteiger partial charge >= 0.3 is 6.18 Å². The third-order valence-corrected chi connectivity index (χ3v) is 4.59. The molecule has 3 nitrogen and oxygen atoms in total. The average molecular weight is 282 g/mol. The summed E-state index contributed by atoms with van der Waals surface area (Å²) >= 11 is 5.45. The van der Waals surface area contributed by atoms with E-state index in [1.54, 1.807) is 6.92 Å². The molecule has 0 aliphatic rings. The molecule has 0 aliphatic carbocycles. The number of halogens is 4. The molecule has 0 amide bonds. The van der Waals surface area contributed by atoms with E-state index >= 15 is 0 Å². The van der Waals surface area contributed by atoms with Crippen molar-refractivity contribution in [1.29, 1.82) is 0 Å². The highest BCUT2D eigenvalue weighted by atomic mass is 35.5. The first kappa shape index (κ1) is 16.0. The van der Waals surface area contributed by atoms with Gasteiger partial charge in [0.1, 0.15) is 0 Å². The second-order valence-electron chi connectivity index (χ2n) is 3.72. The molecule has 8 heteroatoms. The van der Waals surface area contributed by atoms with Crippen molar-refractivity contribution in [3.05, 3.63) is 0 Å². The van der Waals surface area contributed by atoms with Crippen LogP contribution in [0.2, 0.25) is 0 Å². The number of hydrogen-bond acceptors (Lipinski definition) is 2. The van der Waals surface area contributed by atoms with Gasteiger partial charge in [0.05, 0.1) is 12.2 Å². The van der Waals surface area contributed by atoms with Crippen molar-refractivity contribution in [3.8, 4) is 0 Å². The molecule has 0 saturated carbocycles. The Kier molecular flexibility index (Phi) is 6.06. The predicted octanol–water partition coefficient (Wildman–Crippen LogP) is 2.08. The normalized spacial score (nSPS) is 15.4. The van der Waals surface area contributed by atoms with Gasteiger partial charge in [0.15, 0.2) is 0 Å². The molecule has 0 aromatic carbocycles. The van der Waals surface area contributed by atoms with E-state index in [0.717, 1.165) is 11.4 Å². The Morgan fingerprint density at radius 3 is 2.25 bits per heavy atom. The van der Waals surface area contributed by atoms with Crippen LogP contribution in [0.4, 0.5) is 13.2 Å². The molecular formula is C8H15ClF3NO2S. The Bertz CT molecular complexity index is 305. The monoisotopic (exact) mass is 281 g/mol. The lowest BCUT2D eigenvalue weighted by molar-refractivity contribution is -0.135. The van der Waals surface area contributed by atoms with Crippen molar-refractivity contribution in [1.82, 2.24) is 4.31 Å². The molecule has 0 fully saturated rings. The first-order valence-electron chi connectivity index (χ1n) is 4.65. The Morgan fingerprint density at radius 2 is 1.88 bits per heavy atom. The van der Waals surface area contributed by atoms with E-state index in [9.17, 15) is 21.6 Å². The number of rotatable bonds is 6. The van der Waals surface area contributed by atoms with Gasteiger partial charge in [-0.1, -0.05) is 6.92 Å². The summed E-state index contributed by atoms with van der Waals surface area (Å²) in [5.41, 5.74) is 0. The number of hydrogen-bond donors (Lipinski definition) is 0. The Labute approximate surface area is 98.6 Å². The summed E-state index contributed by atoms with van der Waals surface area (Å²) in [7, 11) is -2.50. The van der Waals surface area contributed by atoms with Crippen molar-refractivity contribution in [2.75, 3.05) is 25.2 Å². The second kappa shape index (κ2) is 6.07. The van der Waals surface area contributed by atoms with Gasteiger partial charge in [-0.15, -0.1) is 11.6 Å². The SMILES string of the molecule is CC(CCl)CS(=O)(=O)N(C)CCC(F)(F)F. The van der Waals surface area contributed by atoms with E-state index in [0.29, 0.717) is 0 Å². The molecule has 0 spiro atoms. The minimum Gasteiger partial charge on any atom is -0.212 e. The maximum atomic E-state index is 11.9. The zero-order chi connectivity index (χ0) is 13.0. The summed E-state index contributed by atoms with van der Waals surface area (Å²) < 4.78 is 59.4. The number of nitrogens with zero attached hydrogens (tertiary/aromatic N) is 1. The quantitative estimate of drug-likeness (QED) is 0.699. The predicted molar refractivity (Wildman–Crippen MR) is 57.0 cm³/mol. The summed E-state index contributed by atoms with van der Waals surface area (Å²) in [6.45, 7) is 1.07. The fraction of sp³-hybridized carbons (Fsp3) is 1.00. The van der Waals surface area contributed by atoms with Crippen LogP contribution in [0.5, 0.6) is 0 Å². The minimum absolute atomic E-state index is 0.159. The maximum Gasteiger partial charge on any atom is 0.390 e. The third kappa shape index (κ3) is 6.55. The molecule has 0 saturated heterocycles. The van der Waals surface area contributed by atoms with Gasteiger partial charge in [0.25, 0.3) is 0 Å². The second-order valence-corrected chi connectivity index (χ2v) is 6.15. The molecule has 1 atom stereocenters. The zero-order valence-electron chi connectivity index (χ0n) is 9.09. The lowest BCUT2D eigenvalue weighted by Crippen LogP contribution is -2.34. The van der Waals surface area contributed by atoms with Crippen LogP contribution < -0.4 is 0 Å². The van der Waals surface area contributed by atoms with Crippen LogP contribution in [0.3, 0.4) is 0 Å². The highest BCUT2D eigenvalue weighted by Gasteiger charge is 2.30. The van der Waals surface area contributed by atoms with Crippen molar-refractivity contribution >= 4 is 21.6 Å². The van der Waals surface area contributed by atoms with Crippen LogP contribution in [-0.4, -0.2) is 44.1 Å². The summed E-state index contributed by atoms with van der Waals surface area (Å²) in [6, 6.07) is 0. The van der Waals surface area contributed by atoms with Crippen molar-refractivity contribution < 1.29 is 21.6 Å². The third-order valence-electron chi connectivity index (χ3n) is 1.94. The lowest BCUT2D eigenvalue weighted by atomic mass is 10.3. The summed E-state index contributed by atoms with van der Waals surface area (Å²) in [6.07, 6.45) is -5.49. The Morgan fingerprint density at radius 1 is 1.38 bits per heavy atom. The molecule has 0 radical (unpaired) electrons. The highest BCUT2D eigenvalue weighted by Crippen LogP contribution is 2.20. The zero-order valence-corrected chi connectivity index (χ0v) is 10.7. The van der Waals surface area contributed by atoms with E-state index in [4.69, 9.17) is 11.6 Å². The first-order valence-corrected chi connectivity index (χ1v) is 6.79. The number of alkyl halides is 4. The van der Waals surface area contributed by atoms with Crippen LogP contribution >= 0.6 is 11.6 Å². The van der Waals surface area contributed by atoms with Gasteiger partial charge < -0.3 is 0 Å². The smallest absolute Gasteiger partial charge is 0.212 e. The van der Waals surface area contributed by atoms with Gasteiger partial charge in [0.2, 0.25) is 10.0 Å². The molecule has 1 unspecified atom stereocenters. The fourth-order valence-corrected chi connectivity index (χ4v) is 2.65. The Hall–Kier alpha value is -0.0100. The number of sulfonamides is 1. The largest absolute Gasteiger partial charge is 0.390 e. The van der Waals surface area contributed by atoms with Gasteiger partial charge in [-0.05, 0) is 5.92 Å². The molecule has 0 aliphatic heterocycles. The first-order chi connectivity index (χ1) is 7.08. The fourth-order valence-electron chi connectivity index (χ4n) is 0.955. The highest BCUT2D eigenvalue weighted by molar-refractivity contribution is 7.89. The summed E-state index contributed by atoms with van der Waals surface area (Å²) in [4.78, 5) is 0. The molecular weight excluding hydrogens is 267 g/mol. The van der Waals surface area contributed by atoms with Crippen LogP contribution in [0.15, 0.2) is 0 Å². The van der Waals surface area contributed by atoms with Crippen molar-refractivity contribution in [2.45, 2.75) is 19.5 Å². The molecule has 0 heterocycles. The van der Waals surface area contributed by atoms with Gasteiger partial charge in [-0.2, -0.15) is 13.2 Å². The van der Waals surface area contributed by atoms with Crippen LogP contribution in [0.1, 0.15) is 13.3 Å². The van der Waals surface area contributed by atoms with Gasteiger partial charge in [-0.25, -0.2) is 12.7 Å². The van der Waals surface area contributed by atoms with Crippen LogP contribution in [-0.2, 0) is 10.0 Å². The molecule has 0 N–H and O–H groups in total. The van der Waals surface area contributed by atoms with E-state index in [1.807, 2.05) is 0 Å². The maximum absolute atomic E-state index is 11.9. The minimum atomic E-state index is -4.35. The molecule has 98 valence electrons.